The molecule has 0 bridgehead atoms. The van der Waals surface area contributed by atoms with Gasteiger partial charge in [-0.1, -0.05) is 340 Å². The van der Waals surface area contributed by atoms with Crippen LogP contribution in [0.1, 0.15) is 406 Å². The molecule has 0 heterocycles. The first-order chi connectivity index (χ1) is 39.0. The topological polar surface area (TPSA) is 78.9 Å². The predicted molar refractivity (Wildman–Crippen MR) is 344 cm³/mol. The molecule has 0 spiro atoms. The summed E-state index contributed by atoms with van der Waals surface area (Å²) in [6, 6.07) is 0. The Morgan fingerprint density at radius 3 is 0.633 bits per heavy atom. The molecule has 0 aliphatic rings. The van der Waals surface area contributed by atoms with Crippen LogP contribution >= 0.6 is 0 Å². The Bertz CT molecular complexity index is 1270. The summed E-state index contributed by atoms with van der Waals surface area (Å²) in [6.07, 6.45) is 83.6. The highest BCUT2D eigenvalue weighted by Gasteiger charge is 2.19. The molecule has 0 saturated heterocycles. The largest absolute Gasteiger partial charge is 0.462 e. The molecule has 0 fully saturated rings. The molecule has 6 nitrogen and oxygen atoms in total. The Balaban J connectivity index is 4.18. The first-order valence-electron chi connectivity index (χ1n) is 35.8. The minimum absolute atomic E-state index is 0.0704. The quantitative estimate of drug-likeness (QED) is 0.0261. The van der Waals surface area contributed by atoms with Crippen LogP contribution in [0.15, 0.2) is 24.3 Å². The lowest BCUT2D eigenvalue weighted by molar-refractivity contribution is -0.167. The third-order valence-corrected chi connectivity index (χ3v) is 16.4. The number of carbonyl (C=O) groups is 3. The number of rotatable bonds is 67. The smallest absolute Gasteiger partial charge is 0.306 e. The highest BCUT2D eigenvalue weighted by molar-refractivity contribution is 5.71. The maximum Gasteiger partial charge on any atom is 0.306 e. The van der Waals surface area contributed by atoms with Crippen LogP contribution in [0.2, 0.25) is 0 Å². The lowest BCUT2D eigenvalue weighted by atomic mass is 10.0. The van der Waals surface area contributed by atoms with Crippen molar-refractivity contribution >= 4 is 17.9 Å². The maximum atomic E-state index is 12.9. The molecule has 0 rings (SSSR count). The number of unbranched alkanes of at least 4 members (excludes halogenated alkanes) is 52. The number of esters is 3. The van der Waals surface area contributed by atoms with Crippen LogP contribution in [-0.4, -0.2) is 37.2 Å². The molecule has 6 heteroatoms. The van der Waals surface area contributed by atoms with Gasteiger partial charge in [-0.15, -0.1) is 0 Å². The summed E-state index contributed by atoms with van der Waals surface area (Å²) in [5, 5.41) is 0. The van der Waals surface area contributed by atoms with Gasteiger partial charge in [0.15, 0.2) is 6.10 Å². The summed E-state index contributed by atoms with van der Waals surface area (Å²) < 4.78 is 17.0. The molecule has 0 N–H and O–H groups in total. The van der Waals surface area contributed by atoms with E-state index in [9.17, 15) is 14.4 Å². The van der Waals surface area contributed by atoms with Gasteiger partial charge < -0.3 is 14.2 Å². The number of hydrogen-bond donors (Lipinski definition) is 0. The summed E-state index contributed by atoms with van der Waals surface area (Å²) in [6.45, 7) is 6.70. The summed E-state index contributed by atoms with van der Waals surface area (Å²) in [5.41, 5.74) is 0. The van der Waals surface area contributed by atoms with Crippen molar-refractivity contribution in [3.8, 4) is 0 Å². The summed E-state index contributed by atoms with van der Waals surface area (Å²) in [5.74, 6) is -0.854. The molecule has 0 aromatic carbocycles. The highest BCUT2D eigenvalue weighted by atomic mass is 16.6. The molecule has 0 aliphatic heterocycles. The van der Waals surface area contributed by atoms with E-state index in [4.69, 9.17) is 14.2 Å². The Labute approximate surface area is 493 Å². The van der Waals surface area contributed by atoms with E-state index in [0.717, 1.165) is 64.2 Å². The normalized spacial score (nSPS) is 12.1. The second-order valence-corrected chi connectivity index (χ2v) is 24.5. The van der Waals surface area contributed by atoms with E-state index in [1.807, 2.05) is 0 Å². The van der Waals surface area contributed by atoms with Gasteiger partial charge in [0.05, 0.1) is 0 Å². The van der Waals surface area contributed by atoms with Crippen LogP contribution < -0.4 is 0 Å². The average molecular weight is 1110 g/mol. The van der Waals surface area contributed by atoms with Crippen molar-refractivity contribution in [2.24, 2.45) is 0 Å². The monoisotopic (exact) mass is 1110 g/mol. The molecule has 0 aromatic heterocycles. The van der Waals surface area contributed by atoms with Crippen molar-refractivity contribution in [2.75, 3.05) is 13.2 Å². The van der Waals surface area contributed by atoms with Crippen molar-refractivity contribution in [2.45, 2.75) is 412 Å². The molecule has 466 valence electrons. The van der Waals surface area contributed by atoms with Crippen molar-refractivity contribution in [3.63, 3.8) is 0 Å². The lowest BCUT2D eigenvalue weighted by Gasteiger charge is -2.18. The van der Waals surface area contributed by atoms with E-state index < -0.39 is 6.10 Å². The van der Waals surface area contributed by atoms with Gasteiger partial charge in [-0.25, -0.2) is 0 Å². The van der Waals surface area contributed by atoms with Gasteiger partial charge in [0, 0.05) is 19.3 Å². The van der Waals surface area contributed by atoms with Crippen molar-refractivity contribution in [1.29, 1.82) is 0 Å². The third-order valence-electron chi connectivity index (χ3n) is 16.4. The Hall–Kier alpha value is -2.11. The Morgan fingerprint density at radius 2 is 0.418 bits per heavy atom. The van der Waals surface area contributed by atoms with E-state index in [2.05, 4.69) is 45.1 Å². The van der Waals surface area contributed by atoms with Gasteiger partial charge >= 0.3 is 17.9 Å². The Kier molecular flexibility index (Phi) is 66.6. The molecular weight excluding hydrogens is 973 g/mol. The van der Waals surface area contributed by atoms with E-state index in [-0.39, 0.29) is 31.1 Å². The molecule has 0 aromatic rings. The predicted octanol–water partition coefficient (Wildman–Crippen LogP) is 24.6. The van der Waals surface area contributed by atoms with E-state index in [0.29, 0.717) is 19.3 Å². The fraction of sp³-hybridized carbons (Fsp3) is 0.904. The molecule has 0 amide bonds. The zero-order valence-electron chi connectivity index (χ0n) is 53.7. The van der Waals surface area contributed by atoms with Gasteiger partial charge in [-0.05, 0) is 70.6 Å². The fourth-order valence-electron chi connectivity index (χ4n) is 11.0. The summed E-state index contributed by atoms with van der Waals surface area (Å²) in [7, 11) is 0. The number of carbonyl (C=O) groups excluding carboxylic acids is 3. The van der Waals surface area contributed by atoms with Crippen molar-refractivity contribution in [3.05, 3.63) is 24.3 Å². The number of hydrogen-bond acceptors (Lipinski definition) is 6. The molecule has 1 unspecified atom stereocenters. The molecule has 0 radical (unpaired) electrons. The van der Waals surface area contributed by atoms with Gasteiger partial charge in [-0.3, -0.25) is 14.4 Å². The first kappa shape index (κ1) is 76.9. The second kappa shape index (κ2) is 68.4. The van der Waals surface area contributed by atoms with Gasteiger partial charge in [0.1, 0.15) is 13.2 Å². The van der Waals surface area contributed by atoms with E-state index in [1.54, 1.807) is 0 Å². The average Bonchev–Trinajstić information content (AvgIpc) is 3.45. The van der Waals surface area contributed by atoms with Crippen LogP contribution in [-0.2, 0) is 28.6 Å². The molecule has 0 aliphatic carbocycles. The summed E-state index contributed by atoms with van der Waals surface area (Å²) in [4.78, 5) is 38.4. The van der Waals surface area contributed by atoms with Crippen LogP contribution in [0.25, 0.3) is 0 Å². The van der Waals surface area contributed by atoms with Gasteiger partial charge in [0.25, 0.3) is 0 Å². The maximum absolute atomic E-state index is 12.9. The second-order valence-electron chi connectivity index (χ2n) is 24.5. The Morgan fingerprint density at radius 1 is 0.241 bits per heavy atom. The first-order valence-corrected chi connectivity index (χ1v) is 35.8. The van der Waals surface area contributed by atoms with Gasteiger partial charge in [-0.2, -0.15) is 0 Å². The zero-order chi connectivity index (χ0) is 57.1. The minimum Gasteiger partial charge on any atom is -0.462 e. The van der Waals surface area contributed by atoms with Crippen LogP contribution in [0.5, 0.6) is 0 Å². The van der Waals surface area contributed by atoms with Crippen molar-refractivity contribution < 1.29 is 28.6 Å². The van der Waals surface area contributed by atoms with Gasteiger partial charge in [0.2, 0.25) is 0 Å². The van der Waals surface area contributed by atoms with Crippen molar-refractivity contribution in [1.82, 2.24) is 0 Å². The van der Waals surface area contributed by atoms with Crippen LogP contribution in [0.3, 0.4) is 0 Å². The number of ether oxygens (including phenoxy) is 3. The molecule has 0 saturated carbocycles. The zero-order valence-corrected chi connectivity index (χ0v) is 53.7. The molecule has 79 heavy (non-hydrogen) atoms. The molecule has 1 atom stereocenters. The molecular formula is C73H138O6. The van der Waals surface area contributed by atoms with Crippen LogP contribution in [0, 0.1) is 0 Å². The minimum atomic E-state index is -0.775. The SMILES string of the molecule is CCCCCCCC/C=C\CCCCCCCCCC(=O)OC(COC(=O)CCCCCCC/C=C\CCCCCCCC)COC(=O)CCCCCCCCCCCCCCCCCCCCCCCCCCCCCCC. The highest BCUT2D eigenvalue weighted by Crippen LogP contribution is 2.19. The number of allylic oxidation sites excluding steroid dienone is 4. The van der Waals surface area contributed by atoms with Crippen LogP contribution in [0.4, 0.5) is 0 Å². The lowest BCUT2D eigenvalue weighted by Crippen LogP contribution is -2.30. The third kappa shape index (κ3) is 66.6. The standard InChI is InChI=1S/C73H138O6/c1-4-7-10-13-16-19-22-25-28-30-31-32-33-34-35-36-37-38-39-40-41-43-45-48-51-54-57-60-63-66-72(75)78-69-70(68-77-71(74)65-62-59-56-53-50-47-44-27-24-21-18-15-12-9-6-3)79-73(76)67-64-61-58-55-52-49-46-42-29-26-23-20-17-14-11-8-5-2/h26-27,29,44,70H,4-25,28,30-43,45-69H2,1-3H3/b29-26-,44-27-. The van der Waals surface area contributed by atoms with E-state index in [1.165, 1.54) is 302 Å². The fourth-order valence-corrected chi connectivity index (χ4v) is 11.0. The van der Waals surface area contributed by atoms with E-state index >= 15 is 0 Å². The summed E-state index contributed by atoms with van der Waals surface area (Å²) >= 11 is 0.